The van der Waals surface area contributed by atoms with Crippen molar-refractivity contribution in [2.75, 3.05) is 0 Å². The van der Waals surface area contributed by atoms with Gasteiger partial charge in [0.25, 0.3) is 0 Å². The average molecular weight is 218 g/mol. The van der Waals surface area contributed by atoms with Crippen molar-refractivity contribution in [1.82, 2.24) is 10.9 Å². The van der Waals surface area contributed by atoms with Crippen molar-refractivity contribution in [3.05, 3.63) is 0 Å². The maximum absolute atomic E-state index is 5.13. The second kappa shape index (κ2) is 6.26. The van der Waals surface area contributed by atoms with Gasteiger partial charge in [-0.05, 0) is 31.4 Å². The van der Waals surface area contributed by atoms with Gasteiger partial charge in [-0.1, -0.05) is 0 Å². The van der Waals surface area contributed by atoms with Gasteiger partial charge in [0.2, 0.25) is 0 Å². The first-order chi connectivity index (χ1) is 6.02. The highest BCUT2D eigenvalue weighted by Gasteiger charge is 1.85. The van der Waals surface area contributed by atoms with E-state index in [9.17, 15) is 0 Å². The molecule has 0 atom stereocenters. The quantitative estimate of drug-likeness (QED) is 0.276. The van der Waals surface area contributed by atoms with E-state index in [0.717, 1.165) is 0 Å². The maximum Gasteiger partial charge on any atom is 0.184 e. The Kier molecular flexibility index (Phi) is 5.64. The second-order valence-electron chi connectivity index (χ2n) is 1.96. The lowest BCUT2D eigenvalue weighted by molar-refractivity contribution is 1.02. The molecule has 13 heavy (non-hydrogen) atoms. The van der Waals surface area contributed by atoms with Gasteiger partial charge in [-0.15, -0.1) is 0 Å². The van der Waals surface area contributed by atoms with Crippen molar-refractivity contribution in [2.45, 2.75) is 6.92 Å². The van der Waals surface area contributed by atoms with E-state index in [1.807, 2.05) is 0 Å². The third kappa shape index (κ3) is 8.63. The Labute approximate surface area is 86.4 Å². The van der Waals surface area contributed by atoms with Gasteiger partial charge in [0.05, 0.1) is 11.9 Å². The highest BCUT2D eigenvalue weighted by molar-refractivity contribution is 7.80. The van der Waals surface area contributed by atoms with Crippen LogP contribution in [0.25, 0.3) is 0 Å². The van der Waals surface area contributed by atoms with E-state index in [2.05, 4.69) is 45.5 Å². The van der Waals surface area contributed by atoms with Crippen LogP contribution in [-0.4, -0.2) is 22.2 Å². The summed E-state index contributed by atoms with van der Waals surface area (Å²) in [6.45, 7) is 1.70. The van der Waals surface area contributed by atoms with Crippen molar-refractivity contribution in [3.63, 3.8) is 0 Å². The van der Waals surface area contributed by atoms with Crippen LogP contribution < -0.4 is 22.3 Å². The van der Waals surface area contributed by atoms with Gasteiger partial charge in [0.1, 0.15) is 0 Å². The lowest BCUT2D eigenvalue weighted by atomic mass is 10.5. The highest BCUT2D eigenvalue weighted by Crippen LogP contribution is 1.70. The van der Waals surface area contributed by atoms with E-state index < -0.39 is 0 Å². The lowest BCUT2D eigenvalue weighted by Gasteiger charge is -1.96. The number of nitrogens with two attached hydrogens (primary N) is 2. The summed E-state index contributed by atoms with van der Waals surface area (Å²) >= 11 is 9.04. The van der Waals surface area contributed by atoms with Crippen LogP contribution >= 0.6 is 24.4 Å². The number of nitrogens with one attached hydrogen (secondary N) is 2. The summed E-state index contributed by atoms with van der Waals surface area (Å²) in [5.74, 6) is 0. The molecule has 0 heterocycles. The highest BCUT2D eigenvalue weighted by atomic mass is 32.1. The van der Waals surface area contributed by atoms with E-state index in [0.29, 0.717) is 5.71 Å². The van der Waals surface area contributed by atoms with E-state index in [1.54, 1.807) is 6.92 Å². The molecule has 0 saturated heterocycles. The molecule has 0 aromatic heterocycles. The molecule has 0 rings (SSSR count). The van der Waals surface area contributed by atoms with Crippen LogP contribution in [0.3, 0.4) is 0 Å². The number of rotatable bonds is 3. The normalized spacial score (nSPS) is 11.3. The van der Waals surface area contributed by atoms with Crippen molar-refractivity contribution in [2.24, 2.45) is 21.7 Å². The molecule has 0 aromatic carbocycles. The Bertz CT molecular complexity index is 258. The van der Waals surface area contributed by atoms with Crippen LogP contribution in [0.5, 0.6) is 0 Å². The minimum atomic E-state index is 0.0892. The molecule has 0 aliphatic rings. The fourth-order valence-corrected chi connectivity index (χ4v) is 0.460. The summed E-state index contributed by atoms with van der Waals surface area (Å²) in [4.78, 5) is 0. The summed E-state index contributed by atoms with van der Waals surface area (Å²) in [6, 6.07) is 0. The Balaban J connectivity index is 3.91. The van der Waals surface area contributed by atoms with E-state index in [1.165, 1.54) is 6.21 Å². The summed E-state index contributed by atoms with van der Waals surface area (Å²) < 4.78 is 0. The van der Waals surface area contributed by atoms with E-state index in [4.69, 9.17) is 11.5 Å². The molecule has 6 N–H and O–H groups in total. The molecule has 0 aromatic rings. The molecule has 0 amide bonds. The van der Waals surface area contributed by atoms with Crippen LogP contribution in [0.4, 0.5) is 0 Å². The molecule has 8 heteroatoms. The van der Waals surface area contributed by atoms with Gasteiger partial charge in [-0.25, -0.2) is 0 Å². The van der Waals surface area contributed by atoms with E-state index >= 15 is 0 Å². The molecular weight excluding hydrogens is 208 g/mol. The largest absolute Gasteiger partial charge is 0.375 e. The Morgan fingerprint density at radius 2 is 1.77 bits per heavy atom. The van der Waals surface area contributed by atoms with Crippen LogP contribution in [0.1, 0.15) is 6.92 Å². The van der Waals surface area contributed by atoms with Gasteiger partial charge in [-0.3, -0.25) is 10.9 Å². The molecule has 0 saturated carbocycles. The maximum atomic E-state index is 5.13. The van der Waals surface area contributed by atoms with Gasteiger partial charge in [-0.2, -0.15) is 10.2 Å². The van der Waals surface area contributed by atoms with Gasteiger partial charge in [0.15, 0.2) is 10.2 Å². The summed E-state index contributed by atoms with van der Waals surface area (Å²) in [5.41, 5.74) is 15.6. The van der Waals surface area contributed by atoms with Gasteiger partial charge < -0.3 is 11.5 Å². The molecule has 6 nitrogen and oxygen atoms in total. The molecule has 0 bridgehead atoms. The van der Waals surface area contributed by atoms with Crippen LogP contribution in [0, 0.1) is 0 Å². The predicted octanol–water partition coefficient (Wildman–Crippen LogP) is -0.985. The standard InChI is InChI=1S/C5H10N6S2/c1-3(9-11-5(7)13)2-8-10-4(6)12/h2H,1H3,(H3,6,10,12)(H3,7,11,13)/b8-2?,9-3+. The molecule has 0 fully saturated rings. The zero-order chi connectivity index (χ0) is 10.3. The average Bonchev–Trinajstić information content (AvgIpc) is 2.00. The van der Waals surface area contributed by atoms with Crippen molar-refractivity contribution in [1.29, 1.82) is 0 Å². The topological polar surface area (TPSA) is 101 Å². The first kappa shape index (κ1) is 11.7. The van der Waals surface area contributed by atoms with Crippen molar-refractivity contribution in [3.8, 4) is 0 Å². The Morgan fingerprint density at radius 1 is 1.23 bits per heavy atom. The molecule has 0 spiro atoms. The van der Waals surface area contributed by atoms with Crippen LogP contribution in [0.15, 0.2) is 10.2 Å². The minimum absolute atomic E-state index is 0.0892. The molecule has 72 valence electrons. The zero-order valence-electron chi connectivity index (χ0n) is 6.94. The molecular formula is C5H10N6S2. The fraction of sp³-hybridized carbons (Fsp3) is 0.200. The molecule has 0 aliphatic heterocycles. The fourth-order valence-electron chi connectivity index (χ4n) is 0.361. The number of hydrogen-bond acceptors (Lipinski definition) is 4. The summed E-state index contributed by atoms with van der Waals surface area (Å²) in [6.07, 6.45) is 1.42. The number of thiocarbonyl (C=S) groups is 2. The first-order valence-corrected chi connectivity index (χ1v) is 4.02. The van der Waals surface area contributed by atoms with Gasteiger partial charge in [0, 0.05) is 0 Å². The van der Waals surface area contributed by atoms with Crippen molar-refractivity contribution < 1.29 is 0 Å². The third-order valence-corrected chi connectivity index (χ3v) is 0.951. The molecule has 0 aliphatic carbocycles. The van der Waals surface area contributed by atoms with E-state index in [-0.39, 0.29) is 10.2 Å². The Morgan fingerprint density at radius 3 is 2.23 bits per heavy atom. The third-order valence-electron chi connectivity index (χ3n) is 0.769. The van der Waals surface area contributed by atoms with Crippen LogP contribution in [-0.2, 0) is 0 Å². The molecule has 0 radical (unpaired) electrons. The second-order valence-corrected chi connectivity index (χ2v) is 2.84. The number of nitrogens with zero attached hydrogens (tertiary/aromatic N) is 2. The minimum Gasteiger partial charge on any atom is -0.375 e. The monoisotopic (exact) mass is 218 g/mol. The first-order valence-electron chi connectivity index (χ1n) is 3.20. The number of hydrazone groups is 2. The predicted molar refractivity (Wildman–Crippen MR) is 61.4 cm³/mol. The Hall–Kier alpha value is -1.28. The lowest BCUT2D eigenvalue weighted by Crippen LogP contribution is -2.26. The van der Waals surface area contributed by atoms with Gasteiger partial charge >= 0.3 is 0 Å². The summed E-state index contributed by atoms with van der Waals surface area (Å²) in [5, 5.41) is 7.58. The smallest absolute Gasteiger partial charge is 0.184 e. The number of hydrogen-bond donors (Lipinski definition) is 4. The van der Waals surface area contributed by atoms with Crippen LogP contribution in [0.2, 0.25) is 0 Å². The van der Waals surface area contributed by atoms with Crippen molar-refractivity contribution >= 4 is 46.6 Å². The zero-order valence-corrected chi connectivity index (χ0v) is 8.58. The molecule has 0 unspecified atom stereocenters. The summed E-state index contributed by atoms with van der Waals surface area (Å²) in [7, 11) is 0. The SMILES string of the molecule is C/C(C=NNC(N)=S)=N\NC(N)=S.